The quantitative estimate of drug-likeness (QED) is 0.168. The minimum absolute atomic E-state index is 0.00320. The van der Waals surface area contributed by atoms with Crippen molar-refractivity contribution in [1.82, 2.24) is 10.2 Å². The molecule has 2 amide bonds. The van der Waals surface area contributed by atoms with Crippen molar-refractivity contribution in [2.75, 3.05) is 25.1 Å². The zero-order valence-electron chi connectivity index (χ0n) is 28.1. The molecule has 0 fully saturated rings. The third-order valence-electron chi connectivity index (χ3n) is 7.58. The Morgan fingerprint density at radius 2 is 1.50 bits per heavy atom. The zero-order chi connectivity index (χ0) is 35.1. The standard InChI is InChI=1S/C37H42BrN3O6S/c1-26-12-19-31(20-13-26)48(44,45)41(32-23-30(46-5)18-21-34(32)47-6)25-35(42)40(24-28-14-16-29(38)17-15-28)33(36(43)39-37(2,3)4)22-27-10-8-7-9-11-27/h7-21,23,33H,22,24-25H2,1-6H3,(H,39,43)/t33-/m0/s1. The van der Waals surface area contributed by atoms with Crippen molar-refractivity contribution in [3.8, 4) is 11.5 Å². The molecule has 0 aromatic heterocycles. The van der Waals surface area contributed by atoms with Crippen LogP contribution in [0.25, 0.3) is 0 Å². The number of rotatable bonds is 13. The first kappa shape index (κ1) is 36.5. The summed E-state index contributed by atoms with van der Waals surface area (Å²) in [6, 6.07) is 27.0. The van der Waals surface area contributed by atoms with Crippen molar-refractivity contribution < 1.29 is 27.5 Å². The number of ether oxygens (including phenoxy) is 2. The molecule has 0 bridgehead atoms. The number of nitrogens with zero attached hydrogens (tertiary/aromatic N) is 2. The van der Waals surface area contributed by atoms with E-state index < -0.39 is 34.1 Å². The van der Waals surface area contributed by atoms with E-state index in [4.69, 9.17) is 9.47 Å². The molecule has 48 heavy (non-hydrogen) atoms. The summed E-state index contributed by atoms with van der Waals surface area (Å²) in [6.45, 7) is 6.90. The second-order valence-electron chi connectivity index (χ2n) is 12.5. The van der Waals surface area contributed by atoms with E-state index >= 15 is 0 Å². The molecule has 0 radical (unpaired) electrons. The summed E-state index contributed by atoms with van der Waals surface area (Å²) in [4.78, 5) is 30.3. The molecular formula is C37H42BrN3O6S. The minimum Gasteiger partial charge on any atom is -0.497 e. The third-order valence-corrected chi connectivity index (χ3v) is 9.88. The summed E-state index contributed by atoms with van der Waals surface area (Å²) in [5.41, 5.74) is 2.02. The summed E-state index contributed by atoms with van der Waals surface area (Å²) in [5.74, 6) is -0.335. The Bertz CT molecular complexity index is 1810. The number of anilines is 1. The largest absolute Gasteiger partial charge is 0.497 e. The van der Waals surface area contributed by atoms with Crippen LogP contribution < -0.4 is 19.1 Å². The number of methoxy groups -OCH3 is 2. The Morgan fingerprint density at radius 1 is 0.854 bits per heavy atom. The molecule has 0 saturated heterocycles. The van der Waals surface area contributed by atoms with E-state index in [1.807, 2.05) is 82.3 Å². The van der Waals surface area contributed by atoms with Gasteiger partial charge in [-0.2, -0.15) is 0 Å². The van der Waals surface area contributed by atoms with Crippen LogP contribution in [0, 0.1) is 6.92 Å². The molecule has 254 valence electrons. The van der Waals surface area contributed by atoms with E-state index in [-0.39, 0.29) is 35.2 Å². The van der Waals surface area contributed by atoms with Crippen LogP contribution in [-0.2, 0) is 32.6 Å². The lowest BCUT2D eigenvalue weighted by Crippen LogP contribution is -2.56. The average Bonchev–Trinajstić information content (AvgIpc) is 3.05. The van der Waals surface area contributed by atoms with Gasteiger partial charge in [-0.1, -0.05) is 76.1 Å². The predicted octanol–water partition coefficient (Wildman–Crippen LogP) is 6.52. The van der Waals surface area contributed by atoms with Crippen LogP contribution in [0.15, 0.2) is 106 Å². The number of amides is 2. The van der Waals surface area contributed by atoms with E-state index in [9.17, 15) is 18.0 Å². The Hall–Kier alpha value is -4.35. The number of carbonyl (C=O) groups excluding carboxylic acids is 2. The molecule has 9 nitrogen and oxygen atoms in total. The fourth-order valence-electron chi connectivity index (χ4n) is 5.14. The maximum Gasteiger partial charge on any atom is 0.264 e. The van der Waals surface area contributed by atoms with Crippen LogP contribution >= 0.6 is 15.9 Å². The van der Waals surface area contributed by atoms with Crippen molar-refractivity contribution in [3.63, 3.8) is 0 Å². The summed E-state index contributed by atoms with van der Waals surface area (Å²) in [6.07, 6.45) is 0.207. The first-order valence-electron chi connectivity index (χ1n) is 15.4. The SMILES string of the molecule is COc1ccc(OC)c(N(CC(=O)N(Cc2ccc(Br)cc2)[C@@H](Cc2ccccc2)C(=O)NC(C)(C)C)S(=O)(=O)c2ccc(C)cc2)c1. The minimum atomic E-state index is -4.33. The molecule has 1 N–H and O–H groups in total. The predicted molar refractivity (Wildman–Crippen MR) is 192 cm³/mol. The molecule has 0 unspecified atom stereocenters. The second-order valence-corrected chi connectivity index (χ2v) is 15.2. The van der Waals surface area contributed by atoms with Gasteiger partial charge in [0.1, 0.15) is 24.1 Å². The van der Waals surface area contributed by atoms with E-state index in [1.54, 1.807) is 24.3 Å². The van der Waals surface area contributed by atoms with Gasteiger partial charge in [0.25, 0.3) is 10.0 Å². The molecule has 4 aromatic carbocycles. The maximum absolute atomic E-state index is 14.7. The van der Waals surface area contributed by atoms with Crippen LogP contribution in [0.5, 0.6) is 11.5 Å². The molecule has 0 spiro atoms. The van der Waals surface area contributed by atoms with E-state index in [2.05, 4.69) is 21.2 Å². The number of halogens is 1. The lowest BCUT2D eigenvalue weighted by atomic mass is 10.0. The average molecular weight is 737 g/mol. The molecule has 4 rings (SSSR count). The highest BCUT2D eigenvalue weighted by Gasteiger charge is 2.36. The van der Waals surface area contributed by atoms with Gasteiger partial charge in [0.2, 0.25) is 11.8 Å². The van der Waals surface area contributed by atoms with Crippen molar-refractivity contribution in [3.05, 3.63) is 118 Å². The molecule has 0 aliphatic heterocycles. The van der Waals surface area contributed by atoms with Crippen LogP contribution in [0.2, 0.25) is 0 Å². The second kappa shape index (κ2) is 15.7. The Morgan fingerprint density at radius 3 is 2.08 bits per heavy atom. The summed E-state index contributed by atoms with van der Waals surface area (Å²) in [7, 11) is -1.43. The topological polar surface area (TPSA) is 105 Å². The van der Waals surface area contributed by atoms with Crippen molar-refractivity contribution in [2.45, 2.75) is 57.1 Å². The smallest absolute Gasteiger partial charge is 0.264 e. The van der Waals surface area contributed by atoms with Crippen LogP contribution in [0.4, 0.5) is 5.69 Å². The molecular weight excluding hydrogens is 694 g/mol. The number of nitrogens with one attached hydrogen (secondary N) is 1. The van der Waals surface area contributed by atoms with Crippen LogP contribution in [0.1, 0.15) is 37.5 Å². The third kappa shape index (κ3) is 9.38. The van der Waals surface area contributed by atoms with Gasteiger partial charge in [-0.25, -0.2) is 8.42 Å². The van der Waals surface area contributed by atoms with E-state index in [1.165, 1.54) is 37.3 Å². The fraction of sp³-hybridized carbons (Fsp3) is 0.297. The normalized spacial score (nSPS) is 12.1. The van der Waals surface area contributed by atoms with Gasteiger partial charge in [0.05, 0.1) is 24.8 Å². The summed E-state index contributed by atoms with van der Waals surface area (Å²) in [5, 5.41) is 3.04. The van der Waals surface area contributed by atoms with Crippen molar-refractivity contribution in [1.29, 1.82) is 0 Å². The lowest BCUT2D eigenvalue weighted by Gasteiger charge is -2.35. The van der Waals surface area contributed by atoms with E-state index in [0.717, 1.165) is 25.5 Å². The van der Waals surface area contributed by atoms with Gasteiger partial charge in [-0.15, -0.1) is 0 Å². The molecule has 0 aliphatic carbocycles. The molecule has 0 heterocycles. The highest BCUT2D eigenvalue weighted by Crippen LogP contribution is 2.36. The highest BCUT2D eigenvalue weighted by molar-refractivity contribution is 9.10. The lowest BCUT2D eigenvalue weighted by molar-refractivity contribution is -0.140. The van der Waals surface area contributed by atoms with Crippen LogP contribution in [0.3, 0.4) is 0 Å². The first-order valence-corrected chi connectivity index (χ1v) is 17.7. The number of hydrogen-bond donors (Lipinski definition) is 1. The highest BCUT2D eigenvalue weighted by atomic mass is 79.9. The molecule has 1 atom stereocenters. The first-order chi connectivity index (χ1) is 22.7. The Labute approximate surface area is 292 Å². The van der Waals surface area contributed by atoms with Crippen molar-refractivity contribution >= 4 is 43.5 Å². The monoisotopic (exact) mass is 735 g/mol. The maximum atomic E-state index is 14.7. The fourth-order valence-corrected chi connectivity index (χ4v) is 6.82. The Balaban J connectivity index is 1.88. The number of sulfonamides is 1. The van der Waals surface area contributed by atoms with Gasteiger partial charge in [-0.3, -0.25) is 13.9 Å². The van der Waals surface area contributed by atoms with Gasteiger partial charge < -0.3 is 19.7 Å². The summed E-state index contributed by atoms with van der Waals surface area (Å²) < 4.78 is 41.7. The van der Waals surface area contributed by atoms with Gasteiger partial charge in [-0.05, 0) is 75.2 Å². The number of aryl methyl sites for hydroxylation is 1. The molecule has 4 aromatic rings. The van der Waals surface area contributed by atoms with Gasteiger partial charge in [0.15, 0.2) is 0 Å². The number of carbonyl (C=O) groups is 2. The molecule has 0 aliphatic rings. The summed E-state index contributed by atoms with van der Waals surface area (Å²) >= 11 is 3.46. The molecule has 0 saturated carbocycles. The van der Waals surface area contributed by atoms with Gasteiger partial charge >= 0.3 is 0 Å². The molecule has 11 heteroatoms. The number of hydrogen-bond acceptors (Lipinski definition) is 6. The van der Waals surface area contributed by atoms with Gasteiger partial charge in [0, 0.05) is 29.0 Å². The van der Waals surface area contributed by atoms with E-state index in [0.29, 0.717) is 5.75 Å². The van der Waals surface area contributed by atoms with Crippen molar-refractivity contribution in [2.24, 2.45) is 0 Å². The van der Waals surface area contributed by atoms with Crippen LogP contribution in [-0.4, -0.2) is 57.5 Å². The Kier molecular flexibility index (Phi) is 11.9. The zero-order valence-corrected chi connectivity index (χ0v) is 30.5. The number of benzene rings is 4.